The summed E-state index contributed by atoms with van der Waals surface area (Å²) in [7, 11) is 0. The maximum absolute atomic E-state index is 12.8. The first-order valence-electron chi connectivity index (χ1n) is 8.73. The van der Waals surface area contributed by atoms with Gasteiger partial charge >= 0.3 is 0 Å². The van der Waals surface area contributed by atoms with Crippen LogP contribution in [-0.4, -0.2) is 11.8 Å². The average Bonchev–Trinajstić information content (AvgIpc) is 2.71. The van der Waals surface area contributed by atoms with Crippen LogP contribution in [0, 0.1) is 6.92 Å². The maximum atomic E-state index is 12.8. The molecule has 5 heteroatoms. The van der Waals surface area contributed by atoms with E-state index in [4.69, 9.17) is 11.6 Å². The number of carbonyl (C=O) groups is 2. The van der Waals surface area contributed by atoms with Crippen LogP contribution in [0.15, 0.2) is 84.6 Å². The van der Waals surface area contributed by atoms with Crippen LogP contribution in [0.5, 0.6) is 0 Å². The minimum Gasteiger partial charge on any atom is -0.321 e. The Balaban J connectivity index is 1.87. The molecule has 4 nitrogen and oxygen atoms in total. The highest BCUT2D eigenvalue weighted by molar-refractivity contribution is 6.31. The van der Waals surface area contributed by atoms with Crippen molar-refractivity contribution in [1.29, 1.82) is 0 Å². The Morgan fingerprint density at radius 2 is 1.54 bits per heavy atom. The molecule has 0 fully saturated rings. The standard InChI is InChI=1S/C23H19ClN2O2/c1-16-12-13-19(15-20(16)24)25-23(28)21(14-17-8-4-2-5-9-17)26-22(27)18-10-6-3-7-11-18/h2-15H,1H3,(H,25,28)(H,26,27)/b21-14-. The summed E-state index contributed by atoms with van der Waals surface area (Å²) in [5.41, 5.74) is 2.86. The summed E-state index contributed by atoms with van der Waals surface area (Å²) in [6, 6.07) is 23.3. The van der Waals surface area contributed by atoms with E-state index in [2.05, 4.69) is 10.6 Å². The van der Waals surface area contributed by atoms with Crippen LogP contribution in [0.25, 0.3) is 6.08 Å². The summed E-state index contributed by atoms with van der Waals surface area (Å²) < 4.78 is 0. The monoisotopic (exact) mass is 390 g/mol. The van der Waals surface area contributed by atoms with E-state index in [-0.39, 0.29) is 11.6 Å². The van der Waals surface area contributed by atoms with E-state index in [0.29, 0.717) is 16.3 Å². The van der Waals surface area contributed by atoms with E-state index >= 15 is 0 Å². The molecule has 0 bridgehead atoms. The fourth-order valence-corrected chi connectivity index (χ4v) is 2.71. The second kappa shape index (κ2) is 9.02. The van der Waals surface area contributed by atoms with Crippen molar-refractivity contribution in [3.63, 3.8) is 0 Å². The Hall–Kier alpha value is -3.37. The van der Waals surface area contributed by atoms with Gasteiger partial charge in [0.15, 0.2) is 0 Å². The molecule has 0 aromatic heterocycles. The molecule has 0 heterocycles. The first-order chi connectivity index (χ1) is 13.5. The lowest BCUT2D eigenvalue weighted by molar-refractivity contribution is -0.113. The predicted molar refractivity (Wildman–Crippen MR) is 113 cm³/mol. The van der Waals surface area contributed by atoms with Crippen molar-refractivity contribution in [3.8, 4) is 0 Å². The number of halogens is 1. The van der Waals surface area contributed by atoms with Gasteiger partial charge in [-0.05, 0) is 48.4 Å². The van der Waals surface area contributed by atoms with Gasteiger partial charge in [-0.2, -0.15) is 0 Å². The molecule has 28 heavy (non-hydrogen) atoms. The number of amides is 2. The van der Waals surface area contributed by atoms with E-state index in [1.165, 1.54) is 0 Å². The molecule has 0 aliphatic carbocycles. The van der Waals surface area contributed by atoms with E-state index in [1.807, 2.05) is 49.4 Å². The zero-order valence-corrected chi connectivity index (χ0v) is 16.0. The van der Waals surface area contributed by atoms with Gasteiger partial charge in [0.05, 0.1) is 0 Å². The molecule has 0 aliphatic heterocycles. The molecule has 3 rings (SSSR count). The summed E-state index contributed by atoms with van der Waals surface area (Å²) in [5, 5.41) is 6.04. The second-order valence-electron chi connectivity index (χ2n) is 6.21. The van der Waals surface area contributed by atoms with Gasteiger partial charge in [0, 0.05) is 16.3 Å². The topological polar surface area (TPSA) is 58.2 Å². The molecule has 0 saturated heterocycles. The second-order valence-corrected chi connectivity index (χ2v) is 6.61. The normalized spacial score (nSPS) is 11.0. The van der Waals surface area contributed by atoms with Gasteiger partial charge in [0.1, 0.15) is 5.70 Å². The highest BCUT2D eigenvalue weighted by Gasteiger charge is 2.15. The molecule has 0 aliphatic rings. The Morgan fingerprint density at radius 3 is 2.18 bits per heavy atom. The van der Waals surface area contributed by atoms with Gasteiger partial charge < -0.3 is 10.6 Å². The lowest BCUT2D eigenvalue weighted by atomic mass is 10.1. The van der Waals surface area contributed by atoms with Crippen molar-refractivity contribution in [3.05, 3.63) is 106 Å². The fourth-order valence-electron chi connectivity index (χ4n) is 2.53. The molecule has 2 amide bonds. The molecule has 0 radical (unpaired) electrons. The number of benzene rings is 3. The van der Waals surface area contributed by atoms with Gasteiger partial charge in [0.25, 0.3) is 11.8 Å². The smallest absolute Gasteiger partial charge is 0.272 e. The quantitative estimate of drug-likeness (QED) is 0.598. The number of aryl methyl sites for hydroxylation is 1. The number of hydrogen-bond donors (Lipinski definition) is 2. The molecule has 0 saturated carbocycles. The van der Waals surface area contributed by atoms with Crippen molar-refractivity contribution in [2.75, 3.05) is 5.32 Å². The van der Waals surface area contributed by atoms with Crippen LogP contribution in [-0.2, 0) is 4.79 Å². The number of carbonyl (C=O) groups excluding carboxylic acids is 2. The predicted octanol–water partition coefficient (Wildman–Crippen LogP) is 5.06. The summed E-state index contributed by atoms with van der Waals surface area (Å²) in [5.74, 6) is -0.798. The Labute approximate surface area is 168 Å². The van der Waals surface area contributed by atoms with Gasteiger partial charge in [-0.1, -0.05) is 66.2 Å². The van der Waals surface area contributed by atoms with Crippen LogP contribution in [0.1, 0.15) is 21.5 Å². The van der Waals surface area contributed by atoms with Crippen LogP contribution in [0.2, 0.25) is 5.02 Å². The molecule has 3 aromatic carbocycles. The van der Waals surface area contributed by atoms with Crippen LogP contribution in [0.3, 0.4) is 0 Å². The van der Waals surface area contributed by atoms with E-state index in [0.717, 1.165) is 11.1 Å². The molecule has 140 valence electrons. The lowest BCUT2D eigenvalue weighted by Gasteiger charge is -2.12. The third-order valence-corrected chi connectivity index (χ3v) is 4.48. The highest BCUT2D eigenvalue weighted by Crippen LogP contribution is 2.20. The Morgan fingerprint density at radius 1 is 0.893 bits per heavy atom. The number of rotatable bonds is 5. The minimum absolute atomic E-state index is 0.136. The summed E-state index contributed by atoms with van der Waals surface area (Å²) in [4.78, 5) is 25.4. The SMILES string of the molecule is Cc1ccc(NC(=O)/C(=C/c2ccccc2)NC(=O)c2ccccc2)cc1Cl. The van der Waals surface area contributed by atoms with Crippen LogP contribution < -0.4 is 10.6 Å². The third kappa shape index (κ3) is 5.09. The van der Waals surface area contributed by atoms with E-state index in [9.17, 15) is 9.59 Å². The third-order valence-electron chi connectivity index (χ3n) is 4.07. The number of anilines is 1. The fraction of sp³-hybridized carbons (Fsp3) is 0.0435. The highest BCUT2D eigenvalue weighted by atomic mass is 35.5. The van der Waals surface area contributed by atoms with Crippen LogP contribution >= 0.6 is 11.6 Å². The molecular weight excluding hydrogens is 372 g/mol. The zero-order valence-electron chi connectivity index (χ0n) is 15.3. The molecular formula is C23H19ClN2O2. The lowest BCUT2D eigenvalue weighted by Crippen LogP contribution is -2.30. The van der Waals surface area contributed by atoms with Crippen molar-refractivity contribution < 1.29 is 9.59 Å². The van der Waals surface area contributed by atoms with Gasteiger partial charge in [-0.25, -0.2) is 0 Å². The first kappa shape index (κ1) is 19.4. The van der Waals surface area contributed by atoms with Gasteiger partial charge in [0.2, 0.25) is 0 Å². The van der Waals surface area contributed by atoms with Gasteiger partial charge in [-0.15, -0.1) is 0 Å². The van der Waals surface area contributed by atoms with Crippen molar-refractivity contribution in [1.82, 2.24) is 5.32 Å². The van der Waals surface area contributed by atoms with Crippen LogP contribution in [0.4, 0.5) is 5.69 Å². The first-order valence-corrected chi connectivity index (χ1v) is 9.11. The van der Waals surface area contributed by atoms with Gasteiger partial charge in [-0.3, -0.25) is 9.59 Å². The largest absolute Gasteiger partial charge is 0.321 e. The molecule has 0 atom stereocenters. The maximum Gasteiger partial charge on any atom is 0.272 e. The van der Waals surface area contributed by atoms with E-state index in [1.54, 1.807) is 42.5 Å². The van der Waals surface area contributed by atoms with E-state index < -0.39 is 5.91 Å². The summed E-state index contributed by atoms with van der Waals surface area (Å²) in [6.07, 6.45) is 1.63. The van der Waals surface area contributed by atoms with Crippen molar-refractivity contribution in [2.24, 2.45) is 0 Å². The van der Waals surface area contributed by atoms with Crippen molar-refractivity contribution >= 4 is 35.2 Å². The summed E-state index contributed by atoms with van der Waals surface area (Å²) in [6.45, 7) is 1.88. The Bertz CT molecular complexity index is 1020. The Kier molecular flexibility index (Phi) is 6.25. The molecule has 2 N–H and O–H groups in total. The molecule has 0 unspecified atom stereocenters. The number of hydrogen-bond acceptors (Lipinski definition) is 2. The number of nitrogens with one attached hydrogen (secondary N) is 2. The summed E-state index contributed by atoms with van der Waals surface area (Å²) >= 11 is 6.14. The average molecular weight is 391 g/mol. The zero-order chi connectivity index (χ0) is 19.9. The minimum atomic E-state index is -0.437. The molecule has 0 spiro atoms. The van der Waals surface area contributed by atoms with Crippen molar-refractivity contribution in [2.45, 2.75) is 6.92 Å². The molecule has 3 aromatic rings.